The Balaban J connectivity index is 1.95. The van der Waals surface area contributed by atoms with Crippen molar-refractivity contribution in [1.29, 1.82) is 0 Å². The first-order valence-corrected chi connectivity index (χ1v) is 7.36. The topological polar surface area (TPSA) is 89.0 Å². The number of aliphatic hydroxyl groups is 1. The fraction of sp³-hybridized carbons (Fsp3) is 0.400. The normalized spacial score (nSPS) is 12.7. The van der Waals surface area contributed by atoms with Crippen molar-refractivity contribution in [1.82, 2.24) is 19.7 Å². The number of anilines is 1. The highest BCUT2D eigenvalue weighted by molar-refractivity contribution is 5.78. The fourth-order valence-electron chi connectivity index (χ4n) is 2.24. The Morgan fingerprint density at radius 2 is 2.14 bits per heavy atom. The van der Waals surface area contributed by atoms with E-state index in [0.717, 1.165) is 17.5 Å². The SMILES string of the molecule is CCc1noc(Cn2c(NC[C@@H](C)O)nc3ccccc32)n1. The van der Waals surface area contributed by atoms with Gasteiger partial charge in [-0.2, -0.15) is 4.98 Å². The van der Waals surface area contributed by atoms with Crippen LogP contribution in [0.4, 0.5) is 5.95 Å². The van der Waals surface area contributed by atoms with Crippen LogP contribution in [0, 0.1) is 0 Å². The molecule has 3 aromatic rings. The van der Waals surface area contributed by atoms with Gasteiger partial charge in [-0.05, 0) is 19.1 Å². The summed E-state index contributed by atoms with van der Waals surface area (Å²) in [5.41, 5.74) is 1.86. The minimum atomic E-state index is -0.455. The van der Waals surface area contributed by atoms with Gasteiger partial charge in [-0.15, -0.1) is 0 Å². The van der Waals surface area contributed by atoms with Crippen molar-refractivity contribution in [3.05, 3.63) is 36.0 Å². The van der Waals surface area contributed by atoms with Crippen LogP contribution in [0.3, 0.4) is 0 Å². The van der Waals surface area contributed by atoms with E-state index in [4.69, 9.17) is 4.52 Å². The van der Waals surface area contributed by atoms with E-state index in [1.54, 1.807) is 6.92 Å². The van der Waals surface area contributed by atoms with Gasteiger partial charge in [0.05, 0.1) is 17.1 Å². The average molecular weight is 301 g/mol. The van der Waals surface area contributed by atoms with Crippen molar-refractivity contribution in [2.24, 2.45) is 0 Å². The second-order valence-electron chi connectivity index (χ2n) is 5.20. The predicted molar refractivity (Wildman–Crippen MR) is 82.7 cm³/mol. The predicted octanol–water partition coefficient (Wildman–Crippen LogP) is 1.82. The second kappa shape index (κ2) is 6.15. The number of fused-ring (bicyclic) bond motifs is 1. The molecule has 0 bridgehead atoms. The zero-order valence-electron chi connectivity index (χ0n) is 12.7. The van der Waals surface area contributed by atoms with Crippen molar-refractivity contribution >= 4 is 17.0 Å². The Bertz CT molecular complexity index is 762. The first-order valence-electron chi connectivity index (χ1n) is 7.36. The van der Waals surface area contributed by atoms with E-state index in [1.807, 2.05) is 35.8 Å². The Kier molecular flexibility index (Phi) is 4.06. The van der Waals surface area contributed by atoms with E-state index in [0.29, 0.717) is 30.8 Å². The van der Waals surface area contributed by atoms with E-state index >= 15 is 0 Å². The molecule has 0 aliphatic heterocycles. The van der Waals surface area contributed by atoms with Crippen molar-refractivity contribution in [3.8, 4) is 0 Å². The molecule has 116 valence electrons. The van der Waals surface area contributed by atoms with Crippen LogP contribution in [0.1, 0.15) is 25.6 Å². The van der Waals surface area contributed by atoms with Crippen LogP contribution in [0.15, 0.2) is 28.8 Å². The van der Waals surface area contributed by atoms with Gasteiger partial charge in [0.2, 0.25) is 11.8 Å². The number of aliphatic hydroxyl groups excluding tert-OH is 1. The molecular weight excluding hydrogens is 282 g/mol. The summed E-state index contributed by atoms with van der Waals surface area (Å²) in [6, 6.07) is 7.85. The number of nitrogens with one attached hydrogen (secondary N) is 1. The lowest BCUT2D eigenvalue weighted by atomic mass is 10.3. The van der Waals surface area contributed by atoms with Gasteiger partial charge < -0.3 is 19.5 Å². The summed E-state index contributed by atoms with van der Waals surface area (Å²) in [5, 5.41) is 16.5. The Labute approximate surface area is 128 Å². The number of benzene rings is 1. The fourth-order valence-corrected chi connectivity index (χ4v) is 2.24. The molecule has 0 unspecified atom stereocenters. The number of aromatic nitrogens is 4. The minimum absolute atomic E-state index is 0.424. The summed E-state index contributed by atoms with van der Waals surface area (Å²) in [6.07, 6.45) is 0.282. The quantitative estimate of drug-likeness (QED) is 0.722. The number of hydrogen-bond donors (Lipinski definition) is 2. The van der Waals surface area contributed by atoms with Crippen LogP contribution < -0.4 is 5.32 Å². The van der Waals surface area contributed by atoms with E-state index in [2.05, 4.69) is 20.4 Å². The summed E-state index contributed by atoms with van der Waals surface area (Å²) in [6.45, 7) is 4.57. The molecule has 2 N–H and O–H groups in total. The third-order valence-corrected chi connectivity index (χ3v) is 3.33. The summed E-state index contributed by atoms with van der Waals surface area (Å²) < 4.78 is 7.25. The van der Waals surface area contributed by atoms with Crippen LogP contribution in [-0.2, 0) is 13.0 Å². The number of hydrogen-bond acceptors (Lipinski definition) is 6. The van der Waals surface area contributed by atoms with E-state index < -0.39 is 6.10 Å². The maximum absolute atomic E-state index is 9.46. The summed E-state index contributed by atoms with van der Waals surface area (Å²) in [4.78, 5) is 8.90. The third-order valence-electron chi connectivity index (χ3n) is 3.33. The second-order valence-corrected chi connectivity index (χ2v) is 5.20. The highest BCUT2D eigenvalue weighted by Gasteiger charge is 2.14. The van der Waals surface area contributed by atoms with E-state index in [1.165, 1.54) is 0 Å². The van der Waals surface area contributed by atoms with Gasteiger partial charge in [0.1, 0.15) is 6.54 Å². The number of rotatable bonds is 6. The van der Waals surface area contributed by atoms with Gasteiger partial charge in [-0.25, -0.2) is 4.98 Å². The van der Waals surface area contributed by atoms with Crippen molar-refractivity contribution in [2.75, 3.05) is 11.9 Å². The molecule has 0 spiro atoms. The average Bonchev–Trinajstić information content (AvgIpc) is 3.10. The molecule has 2 aromatic heterocycles. The van der Waals surface area contributed by atoms with Crippen LogP contribution in [0.25, 0.3) is 11.0 Å². The number of para-hydroxylation sites is 2. The molecule has 0 aliphatic carbocycles. The Morgan fingerprint density at radius 1 is 1.32 bits per heavy atom. The van der Waals surface area contributed by atoms with E-state index in [-0.39, 0.29) is 0 Å². The lowest BCUT2D eigenvalue weighted by Crippen LogP contribution is -2.18. The molecule has 0 saturated carbocycles. The van der Waals surface area contributed by atoms with Crippen molar-refractivity contribution in [2.45, 2.75) is 32.9 Å². The minimum Gasteiger partial charge on any atom is -0.392 e. The Hall–Kier alpha value is -2.41. The molecule has 0 radical (unpaired) electrons. The largest absolute Gasteiger partial charge is 0.392 e. The standard InChI is InChI=1S/C15H19N5O2/c1-3-13-18-14(22-19-13)9-20-12-7-5-4-6-11(12)17-15(20)16-8-10(2)21/h4-7,10,21H,3,8-9H2,1-2H3,(H,16,17)/t10-/m1/s1. The van der Waals surface area contributed by atoms with Crippen LogP contribution in [0.5, 0.6) is 0 Å². The molecule has 7 heteroatoms. The molecule has 0 saturated heterocycles. The van der Waals surface area contributed by atoms with E-state index in [9.17, 15) is 5.11 Å². The molecular formula is C15H19N5O2. The first kappa shape index (κ1) is 14.5. The van der Waals surface area contributed by atoms with Gasteiger partial charge in [0, 0.05) is 13.0 Å². The van der Waals surface area contributed by atoms with Gasteiger partial charge in [0.15, 0.2) is 5.82 Å². The highest BCUT2D eigenvalue weighted by atomic mass is 16.5. The molecule has 0 amide bonds. The molecule has 2 heterocycles. The lowest BCUT2D eigenvalue weighted by Gasteiger charge is -2.10. The smallest absolute Gasteiger partial charge is 0.246 e. The van der Waals surface area contributed by atoms with Crippen LogP contribution >= 0.6 is 0 Å². The molecule has 1 aromatic carbocycles. The van der Waals surface area contributed by atoms with Crippen molar-refractivity contribution < 1.29 is 9.63 Å². The molecule has 1 atom stereocenters. The lowest BCUT2D eigenvalue weighted by molar-refractivity contribution is 0.208. The first-order chi connectivity index (χ1) is 10.7. The zero-order chi connectivity index (χ0) is 15.5. The summed E-state index contributed by atoms with van der Waals surface area (Å²) in [5.74, 6) is 1.91. The summed E-state index contributed by atoms with van der Waals surface area (Å²) >= 11 is 0. The molecule has 3 rings (SSSR count). The van der Waals surface area contributed by atoms with Gasteiger partial charge in [0.25, 0.3) is 0 Å². The molecule has 7 nitrogen and oxygen atoms in total. The third kappa shape index (κ3) is 2.94. The number of imidazole rings is 1. The van der Waals surface area contributed by atoms with Gasteiger partial charge >= 0.3 is 0 Å². The van der Waals surface area contributed by atoms with Crippen molar-refractivity contribution in [3.63, 3.8) is 0 Å². The monoisotopic (exact) mass is 301 g/mol. The highest BCUT2D eigenvalue weighted by Crippen LogP contribution is 2.20. The molecule has 0 aliphatic rings. The maximum Gasteiger partial charge on any atom is 0.246 e. The van der Waals surface area contributed by atoms with Crippen LogP contribution in [0.2, 0.25) is 0 Å². The molecule has 22 heavy (non-hydrogen) atoms. The maximum atomic E-state index is 9.46. The number of nitrogens with zero attached hydrogens (tertiary/aromatic N) is 4. The van der Waals surface area contributed by atoms with Gasteiger partial charge in [-0.3, -0.25) is 0 Å². The summed E-state index contributed by atoms with van der Waals surface area (Å²) in [7, 11) is 0. The van der Waals surface area contributed by atoms with Gasteiger partial charge in [-0.1, -0.05) is 24.2 Å². The number of aryl methyl sites for hydroxylation is 1. The zero-order valence-corrected chi connectivity index (χ0v) is 12.7. The van der Waals surface area contributed by atoms with Crippen LogP contribution in [-0.4, -0.2) is 37.4 Å². The molecule has 0 fully saturated rings. The Morgan fingerprint density at radius 3 is 2.86 bits per heavy atom.